The van der Waals surface area contributed by atoms with E-state index in [4.69, 9.17) is 0 Å². The molecule has 1 nitrogen and oxygen atoms in total. The van der Waals surface area contributed by atoms with E-state index in [0.717, 1.165) is 12.2 Å². The highest BCUT2D eigenvalue weighted by Crippen LogP contribution is 2.23. The number of rotatable bonds is 6. The molecule has 1 aromatic heterocycles. The van der Waals surface area contributed by atoms with Gasteiger partial charge in [-0.15, -0.1) is 23.1 Å². The molecule has 0 amide bonds. The third-order valence-corrected chi connectivity index (χ3v) is 4.92. The highest BCUT2D eigenvalue weighted by atomic mass is 32.2. The first kappa shape index (κ1) is 13.7. The second-order valence-corrected chi connectivity index (χ2v) is 6.46. The number of hydrogen-bond acceptors (Lipinski definition) is 3. The Kier molecular flexibility index (Phi) is 5.29. The zero-order valence-electron chi connectivity index (χ0n) is 10.8. The van der Waals surface area contributed by atoms with E-state index in [2.05, 4.69) is 54.0 Å². The van der Waals surface area contributed by atoms with Crippen LogP contribution >= 0.6 is 23.1 Å². The summed E-state index contributed by atoms with van der Waals surface area (Å²) >= 11 is 3.79. The first-order valence-corrected chi connectivity index (χ1v) is 8.08. The number of hydrogen-bond donors (Lipinski definition) is 1. The number of thiophene rings is 1. The Bertz CT molecular complexity index is 465. The lowest BCUT2D eigenvalue weighted by Gasteiger charge is -2.11. The zero-order chi connectivity index (χ0) is 12.8. The number of nitrogens with one attached hydrogen (secondary N) is 1. The van der Waals surface area contributed by atoms with Gasteiger partial charge in [0.25, 0.3) is 0 Å². The van der Waals surface area contributed by atoms with Crippen molar-refractivity contribution in [3.63, 3.8) is 0 Å². The SMILES string of the molecule is CNC(C)c1cccc(SCCc2cccs2)c1. The predicted octanol–water partition coefficient (Wildman–Crippen LogP) is 4.36. The van der Waals surface area contributed by atoms with Gasteiger partial charge in [-0.2, -0.15) is 0 Å². The van der Waals surface area contributed by atoms with Crippen LogP contribution in [0.1, 0.15) is 23.4 Å². The standard InChI is InChI=1S/C15H19NS2/c1-12(16-2)13-5-3-6-15(11-13)18-10-8-14-7-4-9-17-14/h3-7,9,11-12,16H,8,10H2,1-2H3. The Balaban J connectivity index is 1.89. The Labute approximate surface area is 118 Å². The summed E-state index contributed by atoms with van der Waals surface area (Å²) in [4.78, 5) is 2.84. The maximum atomic E-state index is 3.28. The minimum absolute atomic E-state index is 0.419. The minimum Gasteiger partial charge on any atom is -0.313 e. The monoisotopic (exact) mass is 277 g/mol. The summed E-state index contributed by atoms with van der Waals surface area (Å²) in [6.07, 6.45) is 1.16. The molecule has 1 heterocycles. The van der Waals surface area contributed by atoms with Gasteiger partial charge in [0.2, 0.25) is 0 Å². The lowest BCUT2D eigenvalue weighted by Crippen LogP contribution is -2.12. The van der Waals surface area contributed by atoms with Gasteiger partial charge in [-0.05, 0) is 49.5 Å². The molecule has 0 bridgehead atoms. The summed E-state index contributed by atoms with van der Waals surface area (Å²) < 4.78 is 0. The predicted molar refractivity (Wildman–Crippen MR) is 82.7 cm³/mol. The maximum absolute atomic E-state index is 3.28. The summed E-state index contributed by atoms with van der Waals surface area (Å²) in [5.41, 5.74) is 1.36. The molecule has 1 aromatic carbocycles. The summed E-state index contributed by atoms with van der Waals surface area (Å²) in [5.74, 6) is 1.15. The van der Waals surface area contributed by atoms with Crippen molar-refractivity contribution in [2.24, 2.45) is 0 Å². The second kappa shape index (κ2) is 6.98. The molecule has 1 unspecified atom stereocenters. The van der Waals surface area contributed by atoms with E-state index >= 15 is 0 Å². The van der Waals surface area contributed by atoms with Crippen molar-refractivity contribution in [2.75, 3.05) is 12.8 Å². The topological polar surface area (TPSA) is 12.0 Å². The van der Waals surface area contributed by atoms with E-state index in [0.29, 0.717) is 6.04 Å². The third-order valence-electron chi connectivity index (χ3n) is 2.99. The van der Waals surface area contributed by atoms with Crippen molar-refractivity contribution >= 4 is 23.1 Å². The van der Waals surface area contributed by atoms with Crippen molar-refractivity contribution in [1.82, 2.24) is 5.32 Å². The molecule has 96 valence electrons. The van der Waals surface area contributed by atoms with Crippen molar-refractivity contribution in [1.29, 1.82) is 0 Å². The molecule has 0 aliphatic carbocycles. The quantitative estimate of drug-likeness (QED) is 0.787. The molecule has 0 fully saturated rings. The third kappa shape index (κ3) is 3.87. The fourth-order valence-electron chi connectivity index (χ4n) is 1.76. The van der Waals surface area contributed by atoms with Gasteiger partial charge < -0.3 is 5.32 Å². The van der Waals surface area contributed by atoms with Crippen LogP contribution in [0, 0.1) is 0 Å². The lowest BCUT2D eigenvalue weighted by molar-refractivity contribution is 0.651. The first-order valence-electron chi connectivity index (χ1n) is 6.22. The molecule has 0 radical (unpaired) electrons. The summed E-state index contributed by atoms with van der Waals surface area (Å²) in [7, 11) is 2.00. The molecule has 0 aliphatic rings. The molecule has 0 saturated carbocycles. The van der Waals surface area contributed by atoms with Gasteiger partial charge in [0.1, 0.15) is 0 Å². The average Bonchev–Trinajstić information content (AvgIpc) is 2.91. The van der Waals surface area contributed by atoms with Crippen LogP contribution in [0.4, 0.5) is 0 Å². The van der Waals surface area contributed by atoms with E-state index < -0.39 is 0 Å². The normalized spacial score (nSPS) is 12.6. The van der Waals surface area contributed by atoms with Crippen LogP contribution in [-0.2, 0) is 6.42 Å². The Morgan fingerprint density at radius 2 is 2.17 bits per heavy atom. The van der Waals surface area contributed by atoms with Crippen molar-refractivity contribution in [2.45, 2.75) is 24.3 Å². The van der Waals surface area contributed by atoms with Crippen molar-refractivity contribution < 1.29 is 0 Å². The van der Waals surface area contributed by atoms with Gasteiger partial charge in [-0.25, -0.2) is 0 Å². The smallest absolute Gasteiger partial charge is 0.0289 e. The van der Waals surface area contributed by atoms with Gasteiger partial charge in [-0.1, -0.05) is 18.2 Å². The molecule has 0 spiro atoms. The van der Waals surface area contributed by atoms with E-state index in [1.165, 1.54) is 15.3 Å². The van der Waals surface area contributed by atoms with Crippen LogP contribution in [0.15, 0.2) is 46.7 Å². The molecule has 1 atom stereocenters. The van der Waals surface area contributed by atoms with E-state index in [1.54, 1.807) is 0 Å². The number of aryl methyl sites for hydroxylation is 1. The average molecular weight is 277 g/mol. The van der Waals surface area contributed by atoms with Gasteiger partial charge in [0, 0.05) is 21.6 Å². The summed E-state index contributed by atoms with van der Waals surface area (Å²) in [6.45, 7) is 2.19. The minimum atomic E-state index is 0.419. The fourth-order valence-corrected chi connectivity index (χ4v) is 3.55. The van der Waals surface area contributed by atoms with Crippen LogP contribution in [0.5, 0.6) is 0 Å². The maximum Gasteiger partial charge on any atom is 0.0289 e. The number of benzene rings is 1. The molecule has 3 heteroatoms. The molecule has 18 heavy (non-hydrogen) atoms. The van der Waals surface area contributed by atoms with Crippen LogP contribution in [0.3, 0.4) is 0 Å². The van der Waals surface area contributed by atoms with Crippen LogP contribution in [-0.4, -0.2) is 12.8 Å². The molecule has 0 aliphatic heterocycles. The Hall–Kier alpha value is -0.770. The summed E-state index contributed by atoms with van der Waals surface area (Å²) in [6, 6.07) is 13.6. The highest BCUT2D eigenvalue weighted by Gasteiger charge is 2.03. The molecular formula is C15H19NS2. The summed E-state index contributed by atoms with van der Waals surface area (Å²) in [5, 5.41) is 5.43. The highest BCUT2D eigenvalue weighted by molar-refractivity contribution is 7.99. The van der Waals surface area contributed by atoms with Gasteiger partial charge in [-0.3, -0.25) is 0 Å². The van der Waals surface area contributed by atoms with Crippen molar-refractivity contribution in [3.05, 3.63) is 52.2 Å². The Morgan fingerprint density at radius 3 is 2.89 bits per heavy atom. The van der Waals surface area contributed by atoms with Crippen LogP contribution < -0.4 is 5.32 Å². The van der Waals surface area contributed by atoms with Gasteiger partial charge in [0.05, 0.1) is 0 Å². The molecule has 2 rings (SSSR count). The molecule has 1 N–H and O–H groups in total. The fraction of sp³-hybridized carbons (Fsp3) is 0.333. The van der Waals surface area contributed by atoms with Gasteiger partial charge >= 0.3 is 0 Å². The van der Waals surface area contributed by atoms with Crippen LogP contribution in [0.2, 0.25) is 0 Å². The first-order chi connectivity index (χ1) is 8.79. The van der Waals surface area contributed by atoms with E-state index in [-0.39, 0.29) is 0 Å². The largest absolute Gasteiger partial charge is 0.313 e. The van der Waals surface area contributed by atoms with Crippen LogP contribution in [0.25, 0.3) is 0 Å². The van der Waals surface area contributed by atoms with Crippen molar-refractivity contribution in [3.8, 4) is 0 Å². The van der Waals surface area contributed by atoms with E-state index in [1.807, 2.05) is 30.1 Å². The molecular weight excluding hydrogens is 258 g/mol. The van der Waals surface area contributed by atoms with E-state index in [9.17, 15) is 0 Å². The van der Waals surface area contributed by atoms with Gasteiger partial charge in [0.15, 0.2) is 0 Å². The molecule has 0 saturated heterocycles. The second-order valence-electron chi connectivity index (χ2n) is 4.26. The zero-order valence-corrected chi connectivity index (χ0v) is 12.5. The Morgan fingerprint density at radius 1 is 1.28 bits per heavy atom. The number of thioether (sulfide) groups is 1. The molecule has 2 aromatic rings. The lowest BCUT2D eigenvalue weighted by atomic mass is 10.1.